The number of aliphatic carboxylic acids is 1. The van der Waals surface area contributed by atoms with Gasteiger partial charge < -0.3 is 19.9 Å². The Morgan fingerprint density at radius 2 is 1.82 bits per heavy atom. The third kappa shape index (κ3) is 4.83. The third-order valence-corrected chi connectivity index (χ3v) is 5.30. The van der Waals surface area contributed by atoms with E-state index in [2.05, 4.69) is 10.4 Å². The number of fused-ring (bicyclic) bond motifs is 1. The highest BCUT2D eigenvalue weighted by atomic mass is 19.1. The molecule has 2 N–H and O–H groups in total. The second-order valence-electron chi connectivity index (χ2n) is 7.64. The van der Waals surface area contributed by atoms with Crippen molar-refractivity contribution in [2.45, 2.75) is 19.1 Å². The van der Waals surface area contributed by atoms with Crippen LogP contribution in [-0.2, 0) is 9.59 Å². The summed E-state index contributed by atoms with van der Waals surface area (Å²) in [6.07, 6.45) is 0.963. The maximum atomic E-state index is 13.3. The summed E-state index contributed by atoms with van der Waals surface area (Å²) >= 11 is 0. The Morgan fingerprint density at radius 3 is 2.53 bits per heavy atom. The number of carbonyl (C=O) groups excluding carboxylic acids is 1. The molecule has 1 heterocycles. The molecule has 1 amide bonds. The SMILES string of the molecule is COc1cccc([C@@H](Oc2ccc3c(cnn3-c3ccc(F)cc3)c2)[C@H](C)NC(=O)C(=O)O)c1. The fourth-order valence-corrected chi connectivity index (χ4v) is 3.64. The molecule has 9 heteroatoms. The van der Waals surface area contributed by atoms with Crippen LogP contribution in [-0.4, -0.2) is 39.9 Å². The van der Waals surface area contributed by atoms with Gasteiger partial charge in [0, 0.05) is 5.39 Å². The van der Waals surface area contributed by atoms with Gasteiger partial charge in [0.15, 0.2) is 0 Å². The van der Waals surface area contributed by atoms with Gasteiger partial charge in [-0.25, -0.2) is 13.9 Å². The minimum absolute atomic E-state index is 0.330. The van der Waals surface area contributed by atoms with E-state index in [9.17, 15) is 14.0 Å². The van der Waals surface area contributed by atoms with Crippen LogP contribution in [0.4, 0.5) is 4.39 Å². The van der Waals surface area contributed by atoms with Crippen LogP contribution in [0.15, 0.2) is 72.9 Å². The van der Waals surface area contributed by atoms with Gasteiger partial charge in [-0.2, -0.15) is 5.10 Å². The number of carboxylic acids is 1. The van der Waals surface area contributed by atoms with Gasteiger partial charge in [0.2, 0.25) is 0 Å². The molecule has 4 aromatic rings. The Morgan fingerprint density at radius 1 is 1.06 bits per heavy atom. The lowest BCUT2D eigenvalue weighted by molar-refractivity contribution is -0.150. The molecule has 0 saturated heterocycles. The molecule has 2 atom stereocenters. The number of carbonyl (C=O) groups is 2. The summed E-state index contributed by atoms with van der Waals surface area (Å²) in [7, 11) is 1.54. The van der Waals surface area contributed by atoms with Crippen LogP contribution in [0.5, 0.6) is 11.5 Å². The summed E-state index contributed by atoms with van der Waals surface area (Å²) in [6.45, 7) is 1.66. The molecule has 174 valence electrons. The summed E-state index contributed by atoms with van der Waals surface area (Å²) in [5.41, 5.74) is 2.20. The Balaban J connectivity index is 1.66. The molecular formula is C25H22FN3O5. The molecule has 8 nitrogen and oxygen atoms in total. The number of benzene rings is 3. The molecule has 0 aliphatic carbocycles. The number of carboxylic acid groups (broad SMARTS) is 1. The predicted octanol–water partition coefficient (Wildman–Crippen LogP) is 3.88. The number of rotatable bonds is 7. The van der Waals surface area contributed by atoms with Crippen molar-refractivity contribution >= 4 is 22.8 Å². The maximum Gasteiger partial charge on any atom is 0.394 e. The third-order valence-electron chi connectivity index (χ3n) is 5.30. The van der Waals surface area contributed by atoms with Crippen molar-refractivity contribution in [3.05, 3.63) is 84.3 Å². The summed E-state index contributed by atoms with van der Waals surface area (Å²) in [4.78, 5) is 22.8. The van der Waals surface area contributed by atoms with E-state index < -0.39 is 24.0 Å². The maximum absolute atomic E-state index is 13.3. The first-order chi connectivity index (χ1) is 16.4. The van der Waals surface area contributed by atoms with Gasteiger partial charge in [0.1, 0.15) is 23.4 Å². The molecule has 0 aliphatic heterocycles. The molecule has 0 bridgehead atoms. The topological polar surface area (TPSA) is 103 Å². The Kier molecular flexibility index (Phi) is 6.44. The van der Waals surface area contributed by atoms with Crippen molar-refractivity contribution in [1.82, 2.24) is 15.1 Å². The minimum Gasteiger partial charge on any atom is -0.497 e. The quantitative estimate of drug-likeness (QED) is 0.403. The van der Waals surface area contributed by atoms with Crippen molar-refractivity contribution in [2.75, 3.05) is 7.11 Å². The molecule has 0 saturated carbocycles. The van der Waals surface area contributed by atoms with E-state index in [1.165, 1.54) is 19.2 Å². The molecule has 3 aromatic carbocycles. The Bertz CT molecular complexity index is 1340. The largest absolute Gasteiger partial charge is 0.497 e. The van der Waals surface area contributed by atoms with E-state index in [1.54, 1.807) is 60.3 Å². The van der Waals surface area contributed by atoms with Gasteiger partial charge in [0.25, 0.3) is 0 Å². The van der Waals surface area contributed by atoms with E-state index >= 15 is 0 Å². The average molecular weight is 463 g/mol. The van der Waals surface area contributed by atoms with Gasteiger partial charge in [0.05, 0.1) is 30.6 Å². The zero-order chi connectivity index (χ0) is 24.2. The van der Waals surface area contributed by atoms with E-state index in [4.69, 9.17) is 14.6 Å². The number of aromatic nitrogens is 2. The normalized spacial score (nSPS) is 12.7. The van der Waals surface area contributed by atoms with Crippen LogP contribution in [0, 0.1) is 5.82 Å². The number of nitrogens with zero attached hydrogens (tertiary/aromatic N) is 2. The van der Waals surface area contributed by atoms with Crippen molar-refractivity contribution in [3.63, 3.8) is 0 Å². The average Bonchev–Trinajstić information content (AvgIpc) is 3.26. The summed E-state index contributed by atoms with van der Waals surface area (Å²) in [5.74, 6) is -1.94. The second-order valence-corrected chi connectivity index (χ2v) is 7.64. The first-order valence-corrected chi connectivity index (χ1v) is 10.4. The fourth-order valence-electron chi connectivity index (χ4n) is 3.64. The lowest BCUT2D eigenvalue weighted by Crippen LogP contribution is -2.42. The van der Waals surface area contributed by atoms with Crippen molar-refractivity contribution < 1.29 is 28.6 Å². The number of methoxy groups -OCH3 is 1. The smallest absolute Gasteiger partial charge is 0.394 e. The molecule has 34 heavy (non-hydrogen) atoms. The number of nitrogens with one attached hydrogen (secondary N) is 1. The predicted molar refractivity (Wildman–Crippen MR) is 123 cm³/mol. The van der Waals surface area contributed by atoms with Gasteiger partial charge in [-0.15, -0.1) is 0 Å². The summed E-state index contributed by atoms with van der Waals surface area (Å²) in [5, 5.41) is 16.6. The monoisotopic (exact) mass is 463 g/mol. The van der Waals surface area contributed by atoms with Gasteiger partial charge in [-0.05, 0) is 67.1 Å². The lowest BCUT2D eigenvalue weighted by Gasteiger charge is -2.26. The molecule has 0 unspecified atom stereocenters. The second kappa shape index (κ2) is 9.62. The molecule has 4 rings (SSSR count). The zero-order valence-electron chi connectivity index (χ0n) is 18.4. The van der Waals surface area contributed by atoms with Crippen molar-refractivity contribution in [3.8, 4) is 17.2 Å². The molecular weight excluding hydrogens is 441 g/mol. The van der Waals surface area contributed by atoms with Crippen LogP contribution in [0.3, 0.4) is 0 Å². The summed E-state index contributed by atoms with van der Waals surface area (Å²) < 4.78 is 26.5. The molecule has 0 radical (unpaired) electrons. The van der Waals surface area contributed by atoms with E-state index in [0.29, 0.717) is 22.7 Å². The minimum atomic E-state index is -1.58. The Labute approximate surface area is 194 Å². The first kappa shape index (κ1) is 22.8. The number of ether oxygens (including phenoxy) is 2. The summed E-state index contributed by atoms with van der Waals surface area (Å²) in [6, 6.07) is 17.8. The highest BCUT2D eigenvalue weighted by Gasteiger charge is 2.26. The molecule has 0 fully saturated rings. The van der Waals surface area contributed by atoms with E-state index in [1.807, 2.05) is 12.1 Å². The van der Waals surface area contributed by atoms with Gasteiger partial charge in [-0.3, -0.25) is 4.79 Å². The van der Waals surface area contributed by atoms with Crippen LogP contribution in [0.1, 0.15) is 18.6 Å². The number of halogens is 1. The lowest BCUT2D eigenvalue weighted by atomic mass is 10.0. The van der Waals surface area contributed by atoms with E-state index in [0.717, 1.165) is 10.9 Å². The highest BCUT2D eigenvalue weighted by molar-refractivity contribution is 6.31. The first-order valence-electron chi connectivity index (χ1n) is 10.4. The zero-order valence-corrected chi connectivity index (χ0v) is 18.4. The number of hydrogen-bond acceptors (Lipinski definition) is 5. The highest BCUT2D eigenvalue weighted by Crippen LogP contribution is 2.30. The Hall–Kier alpha value is -4.40. The van der Waals surface area contributed by atoms with Crippen molar-refractivity contribution in [1.29, 1.82) is 0 Å². The van der Waals surface area contributed by atoms with Crippen LogP contribution < -0.4 is 14.8 Å². The van der Waals surface area contributed by atoms with Crippen LogP contribution in [0.2, 0.25) is 0 Å². The molecule has 0 aliphatic rings. The van der Waals surface area contributed by atoms with Crippen LogP contribution in [0.25, 0.3) is 16.6 Å². The van der Waals surface area contributed by atoms with Crippen molar-refractivity contribution in [2.24, 2.45) is 0 Å². The van der Waals surface area contributed by atoms with Gasteiger partial charge >= 0.3 is 11.9 Å². The molecule has 1 aromatic heterocycles. The van der Waals surface area contributed by atoms with Crippen LogP contribution >= 0.6 is 0 Å². The van der Waals surface area contributed by atoms with Gasteiger partial charge in [-0.1, -0.05) is 12.1 Å². The number of hydrogen-bond donors (Lipinski definition) is 2. The number of amides is 1. The van der Waals surface area contributed by atoms with E-state index in [-0.39, 0.29) is 5.82 Å². The molecule has 0 spiro atoms. The fraction of sp³-hybridized carbons (Fsp3) is 0.160. The standard InChI is InChI=1S/C25H22FN3O5/c1-15(28-24(30)25(31)32)23(16-4-3-5-20(12-16)33-2)34-21-10-11-22-17(13-21)14-27-29(22)19-8-6-18(26)7-9-19/h3-15,23H,1-2H3,(H,28,30)(H,31,32)/t15-,23-/m0/s1.